The van der Waals surface area contributed by atoms with Crippen LogP contribution in [0.3, 0.4) is 0 Å². The van der Waals surface area contributed by atoms with Gasteiger partial charge in [0, 0.05) is 49.3 Å². The zero-order chi connectivity index (χ0) is 29.4. The molecule has 1 atom stereocenters. The van der Waals surface area contributed by atoms with Gasteiger partial charge >= 0.3 is 6.18 Å². The molecule has 2 aromatic rings. The lowest BCUT2D eigenvalue weighted by Gasteiger charge is -2.31. The van der Waals surface area contributed by atoms with Crippen molar-refractivity contribution in [1.82, 2.24) is 14.2 Å². The first-order chi connectivity index (χ1) is 19.5. The van der Waals surface area contributed by atoms with Crippen LogP contribution in [0.4, 0.5) is 13.2 Å². The van der Waals surface area contributed by atoms with Gasteiger partial charge in [-0.3, -0.25) is 4.79 Å². The Bertz CT molecular complexity index is 1280. The molecule has 0 spiro atoms. The van der Waals surface area contributed by atoms with E-state index in [0.717, 1.165) is 63.1 Å². The number of alkyl halides is 3. The minimum atomic E-state index is -4.68. The zero-order valence-corrected chi connectivity index (χ0v) is 25.1. The first-order valence-electron chi connectivity index (χ1n) is 15.0. The molecule has 6 nitrogen and oxygen atoms in total. The number of benzene rings is 1. The number of hydrogen-bond acceptors (Lipinski definition) is 3. The van der Waals surface area contributed by atoms with E-state index in [9.17, 15) is 22.2 Å². The zero-order valence-electron chi connectivity index (χ0n) is 24.3. The summed E-state index contributed by atoms with van der Waals surface area (Å²) in [6, 6.07) is 5.89. The Morgan fingerprint density at radius 2 is 1.78 bits per heavy atom. The third-order valence-electron chi connectivity index (χ3n) is 9.13. The molecule has 1 saturated carbocycles. The number of nitrogens with zero attached hydrogens (tertiary/aromatic N) is 2. The summed E-state index contributed by atoms with van der Waals surface area (Å²) in [7, 11) is -1.94. The SMILES string of the molecule is Cc1c(C(=O)NC2CCOCC2)cc(-c2ccc(S(=O)N3CCCC3(C)C)c(C(F)(F)F)c2)n1CC1CCCCC1. The Morgan fingerprint density at radius 1 is 1.07 bits per heavy atom. The van der Waals surface area contributed by atoms with Gasteiger partial charge in [0.05, 0.1) is 16.0 Å². The van der Waals surface area contributed by atoms with E-state index in [4.69, 9.17) is 4.74 Å². The minimum absolute atomic E-state index is 0.0155. The maximum Gasteiger partial charge on any atom is 0.417 e. The summed E-state index contributed by atoms with van der Waals surface area (Å²) in [4.78, 5) is 13.2. The highest BCUT2D eigenvalue weighted by Crippen LogP contribution is 2.41. The van der Waals surface area contributed by atoms with Crippen LogP contribution in [0.5, 0.6) is 0 Å². The van der Waals surface area contributed by atoms with Crippen molar-refractivity contribution >= 4 is 16.9 Å². The molecule has 3 fully saturated rings. The van der Waals surface area contributed by atoms with Crippen LogP contribution in [0.2, 0.25) is 0 Å². The molecule has 1 amide bonds. The predicted octanol–water partition coefficient (Wildman–Crippen LogP) is 6.87. The first-order valence-corrected chi connectivity index (χ1v) is 16.1. The molecule has 10 heteroatoms. The van der Waals surface area contributed by atoms with Crippen LogP contribution in [0, 0.1) is 12.8 Å². The van der Waals surface area contributed by atoms with Crippen molar-refractivity contribution in [2.45, 2.75) is 108 Å². The first kappa shape index (κ1) is 30.3. The third-order valence-corrected chi connectivity index (χ3v) is 10.9. The highest BCUT2D eigenvalue weighted by atomic mass is 32.2. The second-order valence-electron chi connectivity index (χ2n) is 12.5. The van der Waals surface area contributed by atoms with Gasteiger partial charge in [0.25, 0.3) is 5.91 Å². The number of aromatic nitrogens is 1. The van der Waals surface area contributed by atoms with Gasteiger partial charge in [0.2, 0.25) is 0 Å². The summed E-state index contributed by atoms with van der Waals surface area (Å²) in [6.07, 6.45) is 4.00. The summed E-state index contributed by atoms with van der Waals surface area (Å²) in [5, 5.41) is 3.11. The number of rotatable bonds is 7. The monoisotopic (exact) mass is 593 g/mol. The fourth-order valence-electron chi connectivity index (χ4n) is 6.65. The standard InChI is InChI=1S/C31H42F3N3O3S/c1-21-25(29(38)35-24-12-16-40-17-13-24)19-27(36(21)20-22-8-5-4-6-9-22)23-10-11-28(26(18-23)31(32,33)34)41(39)37-15-7-14-30(37,2)3/h10-11,18-19,22,24H,4-9,12-17,20H2,1-3H3,(H,35,38). The lowest BCUT2D eigenvalue weighted by molar-refractivity contribution is -0.139. The van der Waals surface area contributed by atoms with Crippen LogP contribution < -0.4 is 5.32 Å². The molecule has 1 aliphatic carbocycles. The highest BCUT2D eigenvalue weighted by Gasteiger charge is 2.41. The predicted molar refractivity (Wildman–Crippen MR) is 154 cm³/mol. The van der Waals surface area contributed by atoms with E-state index >= 15 is 0 Å². The summed E-state index contributed by atoms with van der Waals surface area (Å²) in [6.45, 7) is 8.08. The molecule has 3 heterocycles. The molecule has 1 aromatic carbocycles. The van der Waals surface area contributed by atoms with Crippen molar-refractivity contribution in [3.63, 3.8) is 0 Å². The van der Waals surface area contributed by atoms with Gasteiger partial charge in [0.15, 0.2) is 0 Å². The molecular formula is C31H42F3N3O3S. The molecular weight excluding hydrogens is 551 g/mol. The summed E-state index contributed by atoms with van der Waals surface area (Å²) in [5.74, 6) is 0.203. The van der Waals surface area contributed by atoms with Crippen LogP contribution in [-0.2, 0) is 28.4 Å². The summed E-state index contributed by atoms with van der Waals surface area (Å²) in [5.41, 5.74) is 0.896. The van der Waals surface area contributed by atoms with E-state index in [1.165, 1.54) is 12.5 Å². The van der Waals surface area contributed by atoms with Crippen molar-refractivity contribution in [2.75, 3.05) is 19.8 Å². The molecule has 2 aliphatic heterocycles. The normalized spacial score (nSPS) is 21.7. The molecule has 1 aromatic heterocycles. The minimum Gasteiger partial charge on any atom is -0.381 e. The number of carbonyl (C=O) groups excluding carboxylic acids is 1. The fourth-order valence-corrected chi connectivity index (χ4v) is 8.27. The summed E-state index contributed by atoms with van der Waals surface area (Å²) >= 11 is 0. The highest BCUT2D eigenvalue weighted by molar-refractivity contribution is 7.82. The van der Waals surface area contributed by atoms with Crippen LogP contribution in [0.25, 0.3) is 11.3 Å². The Labute approximate surface area is 243 Å². The molecule has 5 rings (SSSR count). The maximum atomic E-state index is 14.5. The molecule has 3 aliphatic rings. The number of halogens is 3. The average molecular weight is 594 g/mol. The second kappa shape index (κ2) is 12.2. The number of amides is 1. The van der Waals surface area contributed by atoms with Crippen molar-refractivity contribution in [3.05, 3.63) is 41.1 Å². The van der Waals surface area contributed by atoms with Crippen LogP contribution in [-0.4, -0.2) is 50.3 Å². The third kappa shape index (κ3) is 6.59. The average Bonchev–Trinajstić information content (AvgIpc) is 3.47. The largest absolute Gasteiger partial charge is 0.417 e. The molecule has 1 N–H and O–H groups in total. The molecule has 1 unspecified atom stereocenters. The molecule has 2 saturated heterocycles. The van der Waals surface area contributed by atoms with E-state index in [1.807, 2.05) is 25.3 Å². The quantitative estimate of drug-likeness (QED) is 0.381. The Hall–Kier alpha value is -2.17. The summed E-state index contributed by atoms with van der Waals surface area (Å²) < 4.78 is 66.1. The lowest BCUT2D eigenvalue weighted by Crippen LogP contribution is -2.39. The molecule has 0 radical (unpaired) electrons. The smallest absolute Gasteiger partial charge is 0.381 e. The van der Waals surface area contributed by atoms with E-state index in [0.29, 0.717) is 49.0 Å². The number of carbonyl (C=O) groups is 1. The van der Waals surface area contributed by atoms with Gasteiger partial charge in [0.1, 0.15) is 11.0 Å². The van der Waals surface area contributed by atoms with Crippen molar-refractivity contribution in [1.29, 1.82) is 0 Å². The van der Waals surface area contributed by atoms with E-state index in [2.05, 4.69) is 5.32 Å². The molecule has 0 bridgehead atoms. The topological polar surface area (TPSA) is 63.6 Å². The van der Waals surface area contributed by atoms with Gasteiger partial charge in [-0.15, -0.1) is 0 Å². The van der Waals surface area contributed by atoms with Gasteiger partial charge in [-0.1, -0.05) is 25.3 Å². The Kier molecular flexibility index (Phi) is 9.02. The van der Waals surface area contributed by atoms with Gasteiger partial charge in [-0.05, 0) is 89.0 Å². The fraction of sp³-hybridized carbons (Fsp3) is 0.645. The maximum absolute atomic E-state index is 14.5. The van der Waals surface area contributed by atoms with Crippen molar-refractivity contribution in [3.8, 4) is 11.3 Å². The van der Waals surface area contributed by atoms with Crippen molar-refractivity contribution in [2.24, 2.45) is 5.92 Å². The number of ether oxygens (including phenoxy) is 1. The van der Waals surface area contributed by atoms with E-state index < -0.39 is 28.3 Å². The van der Waals surface area contributed by atoms with E-state index in [1.54, 1.807) is 16.4 Å². The van der Waals surface area contributed by atoms with E-state index in [-0.39, 0.29) is 16.8 Å². The van der Waals surface area contributed by atoms with Crippen LogP contribution >= 0.6 is 0 Å². The number of nitrogens with one attached hydrogen (secondary N) is 1. The van der Waals surface area contributed by atoms with Gasteiger partial charge in [-0.2, -0.15) is 13.2 Å². The second-order valence-corrected chi connectivity index (χ2v) is 13.9. The molecule has 226 valence electrons. The van der Waals surface area contributed by atoms with Crippen LogP contribution in [0.15, 0.2) is 29.2 Å². The van der Waals surface area contributed by atoms with Crippen LogP contribution in [0.1, 0.15) is 93.3 Å². The van der Waals surface area contributed by atoms with Crippen molar-refractivity contribution < 1.29 is 26.9 Å². The Balaban J connectivity index is 1.54. The van der Waals surface area contributed by atoms with Gasteiger partial charge < -0.3 is 14.6 Å². The lowest BCUT2D eigenvalue weighted by atomic mass is 9.89. The molecule has 41 heavy (non-hydrogen) atoms. The Morgan fingerprint density at radius 3 is 2.41 bits per heavy atom. The number of hydrogen-bond donors (Lipinski definition) is 1. The van der Waals surface area contributed by atoms with Gasteiger partial charge in [-0.25, -0.2) is 8.51 Å².